The predicted molar refractivity (Wildman–Crippen MR) is 62.7 cm³/mol. The van der Waals surface area contributed by atoms with Gasteiger partial charge in [-0.1, -0.05) is 0 Å². The lowest BCUT2D eigenvalue weighted by Gasteiger charge is -2.10. The first-order chi connectivity index (χ1) is 8.21. The number of rotatable bonds is 3. The number of carbonyl (C=O) groups excluding carboxylic acids is 1. The number of fused-ring (bicyclic) bond motifs is 1. The first-order valence-corrected chi connectivity index (χ1v) is 5.29. The number of anilines is 1. The molecule has 1 aromatic rings. The molecule has 1 atom stereocenters. The Kier molecular flexibility index (Phi) is 3.08. The van der Waals surface area contributed by atoms with Crippen LogP contribution in [0.5, 0.6) is 11.5 Å². The van der Waals surface area contributed by atoms with E-state index in [0.29, 0.717) is 17.9 Å². The van der Waals surface area contributed by atoms with Gasteiger partial charge in [-0.2, -0.15) is 0 Å². The molecule has 1 aromatic carbocycles. The number of esters is 1. The zero-order valence-corrected chi connectivity index (χ0v) is 10.1. The molecule has 0 radical (unpaired) electrons. The van der Waals surface area contributed by atoms with Crippen LogP contribution in [0.25, 0.3) is 0 Å². The molecular weight excluding hydrogens is 222 g/mol. The second kappa shape index (κ2) is 4.53. The molecule has 0 amide bonds. The zero-order valence-electron chi connectivity index (χ0n) is 10.1. The van der Waals surface area contributed by atoms with Crippen LogP contribution in [0.3, 0.4) is 0 Å². The maximum Gasteiger partial charge on any atom is 0.328 e. The van der Waals surface area contributed by atoms with Crippen molar-refractivity contribution in [3.8, 4) is 11.5 Å². The molecule has 5 heteroatoms. The predicted octanol–water partition coefficient (Wildman–Crippen LogP) is 1.21. The maximum atomic E-state index is 11.5. The third-order valence-corrected chi connectivity index (χ3v) is 2.87. The monoisotopic (exact) mass is 237 g/mol. The summed E-state index contributed by atoms with van der Waals surface area (Å²) in [5.41, 5.74) is 1.83. The van der Waals surface area contributed by atoms with Gasteiger partial charge < -0.3 is 19.5 Å². The molecular formula is C12H15NO4. The second-order valence-electron chi connectivity index (χ2n) is 3.75. The van der Waals surface area contributed by atoms with Gasteiger partial charge in [0.2, 0.25) is 0 Å². The average molecular weight is 237 g/mol. The fourth-order valence-corrected chi connectivity index (χ4v) is 2.06. The van der Waals surface area contributed by atoms with Crippen molar-refractivity contribution in [2.24, 2.45) is 0 Å². The van der Waals surface area contributed by atoms with Gasteiger partial charge in [0.25, 0.3) is 0 Å². The van der Waals surface area contributed by atoms with Crippen molar-refractivity contribution in [2.75, 3.05) is 26.6 Å². The number of hydrogen-bond donors (Lipinski definition) is 1. The van der Waals surface area contributed by atoms with Gasteiger partial charge in [0.05, 0.1) is 21.3 Å². The molecule has 92 valence electrons. The minimum absolute atomic E-state index is 0.276. The van der Waals surface area contributed by atoms with Crippen molar-refractivity contribution in [1.82, 2.24) is 0 Å². The Morgan fingerprint density at radius 1 is 1.29 bits per heavy atom. The number of carbonyl (C=O) groups is 1. The highest BCUT2D eigenvalue weighted by molar-refractivity contribution is 5.84. The molecule has 0 bridgehead atoms. The molecule has 5 nitrogen and oxygen atoms in total. The van der Waals surface area contributed by atoms with E-state index in [9.17, 15) is 4.79 Å². The Bertz CT molecular complexity index is 444. The van der Waals surface area contributed by atoms with Gasteiger partial charge in [-0.15, -0.1) is 0 Å². The molecule has 0 fully saturated rings. The summed E-state index contributed by atoms with van der Waals surface area (Å²) < 4.78 is 15.3. The SMILES string of the molecule is COC(=O)C1Cc2c(ccc(OC)c2OC)N1. The minimum atomic E-state index is -0.351. The van der Waals surface area contributed by atoms with Gasteiger partial charge in [-0.25, -0.2) is 4.79 Å². The summed E-state index contributed by atoms with van der Waals surface area (Å²) in [4.78, 5) is 11.5. The number of benzene rings is 1. The normalized spacial score (nSPS) is 17.0. The van der Waals surface area contributed by atoms with Gasteiger partial charge in [0.1, 0.15) is 6.04 Å². The summed E-state index contributed by atoms with van der Waals surface area (Å²) in [5.74, 6) is 1.06. The van der Waals surface area contributed by atoms with Gasteiger partial charge in [-0.05, 0) is 12.1 Å². The molecule has 1 aliphatic rings. The van der Waals surface area contributed by atoms with E-state index in [4.69, 9.17) is 14.2 Å². The third-order valence-electron chi connectivity index (χ3n) is 2.87. The molecule has 0 aliphatic carbocycles. The van der Waals surface area contributed by atoms with Crippen molar-refractivity contribution in [1.29, 1.82) is 0 Å². The van der Waals surface area contributed by atoms with E-state index >= 15 is 0 Å². The van der Waals surface area contributed by atoms with E-state index in [2.05, 4.69) is 5.32 Å². The molecule has 0 saturated carbocycles. The molecule has 1 heterocycles. The summed E-state index contributed by atoms with van der Waals surface area (Å²) in [6.45, 7) is 0. The first kappa shape index (κ1) is 11.6. The van der Waals surface area contributed by atoms with Crippen molar-refractivity contribution < 1.29 is 19.0 Å². The molecule has 1 unspecified atom stereocenters. The van der Waals surface area contributed by atoms with Gasteiger partial charge in [0.15, 0.2) is 11.5 Å². The van der Waals surface area contributed by atoms with Crippen LogP contribution in [0.15, 0.2) is 12.1 Å². The first-order valence-electron chi connectivity index (χ1n) is 5.29. The summed E-state index contributed by atoms with van der Waals surface area (Å²) >= 11 is 0. The van der Waals surface area contributed by atoms with Crippen molar-refractivity contribution >= 4 is 11.7 Å². The van der Waals surface area contributed by atoms with Crippen LogP contribution in [0.1, 0.15) is 5.56 Å². The lowest BCUT2D eigenvalue weighted by atomic mass is 10.1. The highest BCUT2D eigenvalue weighted by atomic mass is 16.5. The zero-order chi connectivity index (χ0) is 12.4. The summed E-state index contributed by atoms with van der Waals surface area (Å²) in [6, 6.07) is 3.33. The Morgan fingerprint density at radius 3 is 2.65 bits per heavy atom. The van der Waals surface area contributed by atoms with Crippen LogP contribution in [-0.4, -0.2) is 33.3 Å². The molecule has 0 aromatic heterocycles. The van der Waals surface area contributed by atoms with E-state index in [1.165, 1.54) is 7.11 Å². The van der Waals surface area contributed by atoms with Crippen LogP contribution in [0, 0.1) is 0 Å². The number of methoxy groups -OCH3 is 3. The number of ether oxygens (including phenoxy) is 3. The van der Waals surface area contributed by atoms with Crippen molar-refractivity contribution in [3.63, 3.8) is 0 Å². The average Bonchev–Trinajstić information content (AvgIpc) is 2.80. The van der Waals surface area contributed by atoms with E-state index < -0.39 is 0 Å². The third kappa shape index (κ3) is 1.88. The van der Waals surface area contributed by atoms with Crippen LogP contribution < -0.4 is 14.8 Å². The fourth-order valence-electron chi connectivity index (χ4n) is 2.06. The Hall–Kier alpha value is -1.91. The van der Waals surface area contributed by atoms with Crippen LogP contribution in [0.4, 0.5) is 5.69 Å². The highest BCUT2D eigenvalue weighted by Crippen LogP contribution is 2.40. The van der Waals surface area contributed by atoms with E-state index in [1.54, 1.807) is 14.2 Å². The lowest BCUT2D eigenvalue weighted by molar-refractivity contribution is -0.141. The number of nitrogens with one attached hydrogen (secondary N) is 1. The smallest absolute Gasteiger partial charge is 0.328 e. The topological polar surface area (TPSA) is 56.8 Å². The molecule has 1 N–H and O–H groups in total. The molecule has 1 aliphatic heterocycles. The summed E-state index contributed by atoms with van der Waals surface area (Å²) in [7, 11) is 4.55. The highest BCUT2D eigenvalue weighted by Gasteiger charge is 2.31. The van der Waals surface area contributed by atoms with Gasteiger partial charge >= 0.3 is 5.97 Å². The summed E-state index contributed by atoms with van der Waals surface area (Å²) in [5, 5.41) is 3.10. The van der Waals surface area contributed by atoms with Crippen LogP contribution >= 0.6 is 0 Å². The molecule has 2 rings (SSSR count). The van der Waals surface area contributed by atoms with Gasteiger partial charge in [0, 0.05) is 17.7 Å². The van der Waals surface area contributed by atoms with Gasteiger partial charge in [-0.3, -0.25) is 0 Å². The maximum absolute atomic E-state index is 11.5. The minimum Gasteiger partial charge on any atom is -0.493 e. The molecule has 17 heavy (non-hydrogen) atoms. The Labute approximate surface area is 99.7 Å². The largest absolute Gasteiger partial charge is 0.493 e. The van der Waals surface area contributed by atoms with Crippen molar-refractivity contribution in [2.45, 2.75) is 12.5 Å². The summed E-state index contributed by atoms with van der Waals surface area (Å²) in [6.07, 6.45) is 0.544. The second-order valence-corrected chi connectivity index (χ2v) is 3.75. The van der Waals surface area contributed by atoms with E-state index in [0.717, 1.165) is 11.3 Å². The van der Waals surface area contributed by atoms with Crippen molar-refractivity contribution in [3.05, 3.63) is 17.7 Å². The quantitative estimate of drug-likeness (QED) is 0.801. The molecule has 0 saturated heterocycles. The van der Waals surface area contributed by atoms with Crippen LogP contribution in [-0.2, 0) is 16.0 Å². The Balaban J connectivity index is 2.35. The molecule has 0 spiro atoms. The lowest BCUT2D eigenvalue weighted by Crippen LogP contribution is -2.27. The standard InChI is InChI=1S/C12H15NO4/c1-15-10-5-4-8-7(11(10)16-2)6-9(13-8)12(14)17-3/h4-5,9,13H,6H2,1-3H3. The Morgan fingerprint density at radius 2 is 2.06 bits per heavy atom. The van der Waals surface area contributed by atoms with E-state index in [1.807, 2.05) is 12.1 Å². The van der Waals surface area contributed by atoms with E-state index in [-0.39, 0.29) is 12.0 Å². The number of hydrogen-bond acceptors (Lipinski definition) is 5. The fraction of sp³-hybridized carbons (Fsp3) is 0.417. The van der Waals surface area contributed by atoms with Crippen LogP contribution in [0.2, 0.25) is 0 Å².